The van der Waals surface area contributed by atoms with Gasteiger partial charge in [-0.05, 0) is 53.9 Å². The fourth-order valence-corrected chi connectivity index (χ4v) is 2.58. The number of hydrogen-bond acceptors (Lipinski definition) is 4. The van der Waals surface area contributed by atoms with Crippen LogP contribution in [0.5, 0.6) is 0 Å². The fraction of sp³-hybridized carbons (Fsp3) is 0.778. The number of carbonyl (C=O) groups excluding carboxylic acids is 2. The SMILES string of the molecule is CC(C)[C@H]1C=CC[C@@H]1N(NC(=O)OC(C)(C)C)C(=O)OC(C)(C)C. The minimum Gasteiger partial charge on any atom is -0.443 e. The Morgan fingerprint density at radius 1 is 1.08 bits per heavy atom. The summed E-state index contributed by atoms with van der Waals surface area (Å²) in [6.45, 7) is 14.9. The molecule has 2 amide bonds. The van der Waals surface area contributed by atoms with E-state index in [4.69, 9.17) is 9.47 Å². The third-order valence-electron chi connectivity index (χ3n) is 3.48. The molecule has 0 aromatic heterocycles. The van der Waals surface area contributed by atoms with E-state index in [0.717, 1.165) is 0 Å². The molecular formula is C18H32N2O4. The van der Waals surface area contributed by atoms with Crippen LogP contribution in [0.25, 0.3) is 0 Å². The first-order valence-electron chi connectivity index (χ1n) is 8.48. The molecule has 0 radical (unpaired) electrons. The number of amides is 2. The van der Waals surface area contributed by atoms with Gasteiger partial charge in [-0.3, -0.25) is 0 Å². The monoisotopic (exact) mass is 340 g/mol. The van der Waals surface area contributed by atoms with Crippen molar-refractivity contribution in [2.45, 2.75) is 79.1 Å². The molecule has 1 N–H and O–H groups in total. The molecule has 2 atom stereocenters. The van der Waals surface area contributed by atoms with Crippen LogP contribution >= 0.6 is 0 Å². The topological polar surface area (TPSA) is 67.9 Å². The van der Waals surface area contributed by atoms with Gasteiger partial charge in [0, 0.05) is 5.92 Å². The summed E-state index contributed by atoms with van der Waals surface area (Å²) in [5.74, 6) is 0.478. The Labute approximate surface area is 145 Å². The molecular weight excluding hydrogens is 308 g/mol. The Hall–Kier alpha value is -1.72. The molecule has 0 heterocycles. The molecule has 0 aromatic rings. The van der Waals surface area contributed by atoms with E-state index in [1.54, 1.807) is 41.5 Å². The van der Waals surface area contributed by atoms with E-state index >= 15 is 0 Å². The zero-order valence-electron chi connectivity index (χ0n) is 16.2. The van der Waals surface area contributed by atoms with E-state index in [2.05, 4.69) is 25.3 Å². The van der Waals surface area contributed by atoms with Gasteiger partial charge in [-0.15, -0.1) is 0 Å². The Kier molecular flexibility index (Phi) is 6.31. The summed E-state index contributed by atoms with van der Waals surface area (Å²) in [6.07, 6.45) is 3.54. The van der Waals surface area contributed by atoms with Gasteiger partial charge in [0.05, 0.1) is 6.04 Å². The first-order chi connectivity index (χ1) is 10.8. The average Bonchev–Trinajstić information content (AvgIpc) is 2.80. The lowest BCUT2D eigenvalue weighted by Crippen LogP contribution is -2.56. The standard InChI is InChI=1S/C18H32N2O4/c1-12(2)13-10-9-11-14(13)20(16(22)24-18(6,7)8)19-15(21)23-17(3,4)5/h9-10,12-14H,11H2,1-8H3,(H,19,21)/t13-,14+/m1/s1. The van der Waals surface area contributed by atoms with Crippen molar-refractivity contribution in [3.05, 3.63) is 12.2 Å². The average molecular weight is 340 g/mol. The Bertz CT molecular complexity index is 486. The predicted molar refractivity (Wildman–Crippen MR) is 93.3 cm³/mol. The van der Waals surface area contributed by atoms with Crippen LogP contribution in [-0.4, -0.2) is 34.4 Å². The lowest BCUT2D eigenvalue weighted by molar-refractivity contribution is -0.0150. The number of nitrogens with one attached hydrogen (secondary N) is 1. The maximum absolute atomic E-state index is 12.6. The molecule has 0 spiro atoms. The molecule has 138 valence electrons. The van der Waals surface area contributed by atoms with Gasteiger partial charge in [-0.1, -0.05) is 26.0 Å². The second kappa shape index (κ2) is 7.45. The lowest BCUT2D eigenvalue weighted by Gasteiger charge is -2.36. The highest BCUT2D eigenvalue weighted by Gasteiger charge is 2.37. The summed E-state index contributed by atoms with van der Waals surface area (Å²) in [6, 6.07) is -0.188. The third-order valence-corrected chi connectivity index (χ3v) is 3.48. The van der Waals surface area contributed by atoms with Crippen LogP contribution in [0.3, 0.4) is 0 Å². The highest BCUT2D eigenvalue weighted by molar-refractivity contribution is 5.75. The van der Waals surface area contributed by atoms with E-state index < -0.39 is 23.4 Å². The molecule has 0 fully saturated rings. The summed E-state index contributed by atoms with van der Waals surface area (Å²) in [5.41, 5.74) is 1.29. The number of rotatable bonds is 2. The van der Waals surface area contributed by atoms with E-state index in [9.17, 15) is 9.59 Å². The van der Waals surface area contributed by atoms with Crippen molar-refractivity contribution in [2.75, 3.05) is 0 Å². The molecule has 24 heavy (non-hydrogen) atoms. The van der Waals surface area contributed by atoms with E-state index in [-0.39, 0.29) is 12.0 Å². The minimum atomic E-state index is -0.664. The van der Waals surface area contributed by atoms with Crippen molar-refractivity contribution in [2.24, 2.45) is 11.8 Å². The van der Waals surface area contributed by atoms with E-state index in [1.165, 1.54) is 5.01 Å². The van der Waals surface area contributed by atoms with Crippen molar-refractivity contribution in [3.8, 4) is 0 Å². The highest BCUT2D eigenvalue weighted by atomic mass is 16.6. The van der Waals surface area contributed by atoms with Crippen LogP contribution in [-0.2, 0) is 9.47 Å². The second-order valence-electron chi connectivity index (χ2n) is 8.52. The summed E-state index contributed by atoms with van der Waals surface area (Å²) in [7, 11) is 0. The van der Waals surface area contributed by atoms with E-state index in [1.807, 2.05) is 6.08 Å². The van der Waals surface area contributed by atoms with Crippen molar-refractivity contribution in [3.63, 3.8) is 0 Å². The Morgan fingerprint density at radius 2 is 1.62 bits per heavy atom. The van der Waals surface area contributed by atoms with Crippen molar-refractivity contribution < 1.29 is 19.1 Å². The molecule has 6 nitrogen and oxygen atoms in total. The summed E-state index contributed by atoms with van der Waals surface area (Å²) < 4.78 is 10.7. The largest absolute Gasteiger partial charge is 0.443 e. The molecule has 0 aromatic carbocycles. The number of nitrogens with zero attached hydrogens (tertiary/aromatic N) is 1. The van der Waals surface area contributed by atoms with Crippen LogP contribution < -0.4 is 5.43 Å². The van der Waals surface area contributed by atoms with Crippen molar-refractivity contribution in [1.29, 1.82) is 0 Å². The smallest absolute Gasteiger partial charge is 0.429 e. The van der Waals surface area contributed by atoms with Gasteiger partial charge in [0.1, 0.15) is 11.2 Å². The first kappa shape index (κ1) is 20.3. The van der Waals surface area contributed by atoms with Gasteiger partial charge in [0.2, 0.25) is 0 Å². The van der Waals surface area contributed by atoms with Gasteiger partial charge < -0.3 is 9.47 Å². The molecule has 0 aliphatic heterocycles. The molecule has 0 saturated heterocycles. The molecule has 0 bridgehead atoms. The van der Waals surface area contributed by atoms with Gasteiger partial charge in [-0.2, -0.15) is 0 Å². The highest BCUT2D eigenvalue weighted by Crippen LogP contribution is 2.30. The number of ether oxygens (including phenoxy) is 2. The summed E-state index contributed by atoms with van der Waals surface area (Å²) >= 11 is 0. The normalized spacial score (nSPS) is 20.9. The van der Waals surface area contributed by atoms with Crippen LogP contribution in [0, 0.1) is 11.8 Å². The molecule has 6 heteroatoms. The van der Waals surface area contributed by atoms with E-state index in [0.29, 0.717) is 12.3 Å². The number of hydrogen-bond donors (Lipinski definition) is 1. The van der Waals surface area contributed by atoms with Gasteiger partial charge >= 0.3 is 12.2 Å². The maximum Gasteiger partial charge on any atom is 0.429 e. The van der Waals surface area contributed by atoms with Crippen molar-refractivity contribution >= 4 is 12.2 Å². The van der Waals surface area contributed by atoms with Crippen LogP contribution in [0.1, 0.15) is 61.8 Å². The van der Waals surface area contributed by atoms with Crippen LogP contribution in [0.4, 0.5) is 9.59 Å². The van der Waals surface area contributed by atoms with Crippen molar-refractivity contribution in [1.82, 2.24) is 10.4 Å². The molecule has 1 aliphatic carbocycles. The Balaban J connectivity index is 2.95. The molecule has 0 saturated carbocycles. The zero-order chi connectivity index (χ0) is 18.7. The van der Waals surface area contributed by atoms with Crippen LogP contribution in [0.2, 0.25) is 0 Å². The quantitative estimate of drug-likeness (QED) is 0.602. The minimum absolute atomic E-state index is 0.146. The maximum atomic E-state index is 12.6. The van der Waals surface area contributed by atoms with Gasteiger partial charge in [0.25, 0.3) is 0 Å². The number of hydrazine groups is 1. The number of carbonyl (C=O) groups is 2. The third kappa shape index (κ3) is 6.42. The van der Waals surface area contributed by atoms with Crippen LogP contribution in [0.15, 0.2) is 12.2 Å². The summed E-state index contributed by atoms with van der Waals surface area (Å²) in [5, 5.41) is 1.28. The predicted octanol–water partition coefficient (Wildman–Crippen LogP) is 4.26. The van der Waals surface area contributed by atoms with Gasteiger partial charge in [-0.25, -0.2) is 20.0 Å². The molecule has 0 unspecified atom stereocenters. The summed E-state index contributed by atoms with van der Waals surface area (Å²) in [4.78, 5) is 24.8. The Morgan fingerprint density at radius 3 is 2.08 bits per heavy atom. The van der Waals surface area contributed by atoms with Gasteiger partial charge in [0.15, 0.2) is 0 Å². The molecule has 1 aliphatic rings. The fourth-order valence-electron chi connectivity index (χ4n) is 2.58. The lowest BCUT2D eigenvalue weighted by atomic mass is 9.91. The zero-order valence-corrected chi connectivity index (χ0v) is 16.2. The first-order valence-corrected chi connectivity index (χ1v) is 8.48. The molecule has 1 rings (SSSR count). The second-order valence-corrected chi connectivity index (χ2v) is 8.52.